The van der Waals surface area contributed by atoms with Gasteiger partial charge in [-0.15, -0.1) is 0 Å². The van der Waals surface area contributed by atoms with Crippen LogP contribution in [0.3, 0.4) is 0 Å². The zero-order valence-electron chi connectivity index (χ0n) is 11.5. The Morgan fingerprint density at radius 1 is 1.26 bits per heavy atom. The number of ketones is 1. The topological polar surface area (TPSA) is 20.3 Å². The molecule has 2 bridgehead atoms. The van der Waals surface area contributed by atoms with Gasteiger partial charge in [0.05, 0.1) is 0 Å². The van der Waals surface area contributed by atoms with Crippen LogP contribution in [0.5, 0.6) is 0 Å². The van der Waals surface area contributed by atoms with Crippen molar-refractivity contribution in [2.75, 3.05) is 7.05 Å². The number of halogens is 1. The first-order valence-electron chi connectivity index (χ1n) is 7.06. The van der Waals surface area contributed by atoms with Crippen molar-refractivity contribution in [2.24, 2.45) is 5.92 Å². The van der Waals surface area contributed by atoms with E-state index in [1.54, 1.807) is 6.92 Å². The third-order valence-electron chi connectivity index (χ3n) is 5.04. The lowest BCUT2D eigenvalue weighted by molar-refractivity contribution is -0.124. The van der Waals surface area contributed by atoms with Crippen molar-refractivity contribution >= 4 is 5.78 Å². The lowest BCUT2D eigenvalue weighted by Gasteiger charge is -2.42. The zero-order chi connectivity index (χ0) is 13.6. The average Bonchev–Trinajstić information content (AvgIpc) is 2.63. The number of nitrogens with zero attached hydrogens (tertiary/aromatic N) is 1. The van der Waals surface area contributed by atoms with E-state index in [9.17, 15) is 9.18 Å². The molecular formula is C16H20FNO. The number of piperidine rings is 1. The summed E-state index contributed by atoms with van der Waals surface area (Å²) in [4.78, 5) is 14.5. The molecule has 2 aliphatic heterocycles. The van der Waals surface area contributed by atoms with Crippen molar-refractivity contribution < 1.29 is 9.18 Å². The van der Waals surface area contributed by atoms with Gasteiger partial charge in [-0.05, 0) is 56.8 Å². The van der Waals surface area contributed by atoms with Crippen molar-refractivity contribution in [3.8, 4) is 0 Å². The van der Waals surface area contributed by atoms with E-state index in [0.29, 0.717) is 12.1 Å². The largest absolute Gasteiger partial charge is 0.300 e. The Labute approximate surface area is 113 Å². The first-order chi connectivity index (χ1) is 9.08. The highest BCUT2D eigenvalue weighted by molar-refractivity contribution is 5.80. The second kappa shape index (κ2) is 4.71. The molecule has 2 unspecified atom stereocenters. The van der Waals surface area contributed by atoms with Crippen LogP contribution in [-0.2, 0) is 4.79 Å². The van der Waals surface area contributed by atoms with Gasteiger partial charge in [0.15, 0.2) is 0 Å². The second-order valence-corrected chi connectivity index (χ2v) is 5.99. The van der Waals surface area contributed by atoms with Crippen LogP contribution in [0.15, 0.2) is 24.3 Å². The predicted molar refractivity (Wildman–Crippen MR) is 72.5 cm³/mol. The van der Waals surface area contributed by atoms with Crippen molar-refractivity contribution in [2.45, 2.75) is 44.2 Å². The smallest absolute Gasteiger partial charge is 0.135 e. The van der Waals surface area contributed by atoms with Gasteiger partial charge in [0.1, 0.15) is 11.6 Å². The number of benzene rings is 1. The van der Waals surface area contributed by atoms with Crippen LogP contribution in [0, 0.1) is 11.7 Å². The second-order valence-electron chi connectivity index (χ2n) is 5.99. The maximum atomic E-state index is 13.1. The summed E-state index contributed by atoms with van der Waals surface area (Å²) in [5.74, 6) is 0.381. The van der Waals surface area contributed by atoms with Gasteiger partial charge < -0.3 is 0 Å². The number of rotatable bonds is 2. The highest BCUT2D eigenvalue weighted by Crippen LogP contribution is 2.46. The molecule has 2 fully saturated rings. The summed E-state index contributed by atoms with van der Waals surface area (Å²) in [5, 5.41) is 0. The third kappa shape index (κ3) is 2.10. The maximum Gasteiger partial charge on any atom is 0.135 e. The molecule has 4 atom stereocenters. The lowest BCUT2D eigenvalue weighted by atomic mass is 9.74. The Morgan fingerprint density at radius 3 is 2.58 bits per heavy atom. The lowest BCUT2D eigenvalue weighted by Crippen LogP contribution is -2.48. The van der Waals surface area contributed by atoms with Crippen molar-refractivity contribution in [3.05, 3.63) is 35.6 Å². The van der Waals surface area contributed by atoms with E-state index < -0.39 is 0 Å². The monoisotopic (exact) mass is 261 g/mol. The Balaban J connectivity index is 1.95. The van der Waals surface area contributed by atoms with Gasteiger partial charge in [0.2, 0.25) is 0 Å². The average molecular weight is 261 g/mol. The van der Waals surface area contributed by atoms with Gasteiger partial charge in [-0.25, -0.2) is 4.39 Å². The van der Waals surface area contributed by atoms with Gasteiger partial charge in [-0.3, -0.25) is 9.69 Å². The van der Waals surface area contributed by atoms with Crippen LogP contribution in [0.4, 0.5) is 4.39 Å². The van der Waals surface area contributed by atoms with Crippen LogP contribution in [0.25, 0.3) is 0 Å². The number of Topliss-reactive ketones (excluding diaryl/α,β-unsaturated/α-hetero) is 1. The maximum absolute atomic E-state index is 13.1. The molecule has 1 aromatic rings. The standard InChI is InChI=1S/C16H20FNO/c1-10(19)16-14(11-3-5-12(17)6-4-11)9-13-7-8-15(16)18(13)2/h3-6,13-16H,7-9H2,1-2H3/t13?,14-,15?,16-/m1/s1. The van der Waals surface area contributed by atoms with Crippen LogP contribution < -0.4 is 0 Å². The Morgan fingerprint density at radius 2 is 1.95 bits per heavy atom. The molecule has 3 rings (SSSR count). The van der Waals surface area contributed by atoms with Gasteiger partial charge in [-0.2, -0.15) is 0 Å². The van der Waals surface area contributed by atoms with E-state index in [2.05, 4.69) is 11.9 Å². The van der Waals surface area contributed by atoms with E-state index in [-0.39, 0.29) is 23.4 Å². The summed E-state index contributed by atoms with van der Waals surface area (Å²) in [7, 11) is 2.14. The van der Waals surface area contributed by atoms with E-state index in [0.717, 1.165) is 18.4 Å². The quantitative estimate of drug-likeness (QED) is 0.815. The van der Waals surface area contributed by atoms with E-state index in [1.165, 1.54) is 18.6 Å². The summed E-state index contributed by atoms with van der Waals surface area (Å²) in [6.07, 6.45) is 3.31. The number of hydrogen-bond acceptors (Lipinski definition) is 2. The van der Waals surface area contributed by atoms with Gasteiger partial charge >= 0.3 is 0 Å². The molecule has 0 N–H and O–H groups in total. The molecule has 2 nitrogen and oxygen atoms in total. The highest BCUT2D eigenvalue weighted by Gasteiger charge is 2.47. The van der Waals surface area contributed by atoms with Crippen molar-refractivity contribution in [1.82, 2.24) is 4.90 Å². The summed E-state index contributed by atoms with van der Waals surface area (Å²) in [6, 6.07) is 7.66. The number of hydrogen-bond donors (Lipinski definition) is 0. The molecule has 2 heterocycles. The normalized spacial score (nSPS) is 34.5. The van der Waals surface area contributed by atoms with Crippen molar-refractivity contribution in [1.29, 1.82) is 0 Å². The molecule has 0 amide bonds. The number of carbonyl (C=O) groups excluding carboxylic acids is 1. The Kier molecular flexibility index (Phi) is 3.17. The fraction of sp³-hybridized carbons (Fsp3) is 0.562. The van der Waals surface area contributed by atoms with E-state index >= 15 is 0 Å². The molecule has 1 aromatic carbocycles. The fourth-order valence-corrected chi connectivity index (χ4v) is 4.07. The molecule has 0 aliphatic carbocycles. The molecule has 19 heavy (non-hydrogen) atoms. The van der Waals surface area contributed by atoms with Gasteiger partial charge in [0.25, 0.3) is 0 Å². The molecule has 2 aliphatic rings. The summed E-state index contributed by atoms with van der Waals surface area (Å²) >= 11 is 0. The minimum Gasteiger partial charge on any atom is -0.300 e. The molecule has 2 saturated heterocycles. The highest BCUT2D eigenvalue weighted by atomic mass is 19.1. The molecule has 102 valence electrons. The molecule has 3 heteroatoms. The van der Waals surface area contributed by atoms with Gasteiger partial charge in [-0.1, -0.05) is 12.1 Å². The minimum atomic E-state index is -0.209. The zero-order valence-corrected chi connectivity index (χ0v) is 11.5. The van der Waals surface area contributed by atoms with Crippen LogP contribution in [0.2, 0.25) is 0 Å². The van der Waals surface area contributed by atoms with E-state index in [1.807, 2.05) is 12.1 Å². The summed E-state index contributed by atoms with van der Waals surface area (Å²) in [6.45, 7) is 1.70. The summed E-state index contributed by atoms with van der Waals surface area (Å²) in [5.41, 5.74) is 1.12. The SMILES string of the molecule is CC(=O)[C@H]1C2CCC(C[C@@H]1c1ccc(F)cc1)N2C. The van der Waals surface area contributed by atoms with Crippen LogP contribution in [0.1, 0.15) is 37.7 Å². The number of fused-ring (bicyclic) bond motifs is 2. The third-order valence-corrected chi connectivity index (χ3v) is 5.04. The first kappa shape index (κ1) is 12.8. The minimum absolute atomic E-state index is 0.0641. The molecular weight excluding hydrogens is 241 g/mol. The number of carbonyl (C=O) groups is 1. The van der Waals surface area contributed by atoms with Crippen LogP contribution >= 0.6 is 0 Å². The molecule has 0 saturated carbocycles. The Bertz CT molecular complexity index is 484. The summed E-state index contributed by atoms with van der Waals surface area (Å²) < 4.78 is 13.1. The predicted octanol–water partition coefficient (Wildman–Crippen LogP) is 2.98. The van der Waals surface area contributed by atoms with E-state index in [4.69, 9.17) is 0 Å². The first-order valence-corrected chi connectivity index (χ1v) is 7.06. The molecule has 0 spiro atoms. The molecule has 0 aromatic heterocycles. The Hall–Kier alpha value is -1.22. The van der Waals surface area contributed by atoms with Crippen LogP contribution in [-0.4, -0.2) is 29.8 Å². The van der Waals surface area contributed by atoms with Gasteiger partial charge in [0, 0.05) is 18.0 Å². The fourth-order valence-electron chi connectivity index (χ4n) is 4.07. The van der Waals surface area contributed by atoms with Crippen molar-refractivity contribution in [3.63, 3.8) is 0 Å². The molecule has 0 radical (unpaired) electrons.